The summed E-state index contributed by atoms with van der Waals surface area (Å²) in [5.41, 5.74) is 0.777. The summed E-state index contributed by atoms with van der Waals surface area (Å²) in [7, 11) is 0. The molecular weight excluding hydrogens is 268 g/mol. The molecule has 0 aliphatic carbocycles. The highest BCUT2D eigenvalue weighted by atomic mass is 32.2. The SMILES string of the molecule is CCOC(=O)Cc1csc(NCCC(C)SC)n1. The van der Waals surface area contributed by atoms with Gasteiger partial charge in [0, 0.05) is 17.2 Å². The molecule has 1 rings (SSSR count). The number of thioether (sulfide) groups is 1. The highest BCUT2D eigenvalue weighted by Gasteiger charge is 2.08. The van der Waals surface area contributed by atoms with Gasteiger partial charge < -0.3 is 10.1 Å². The number of thiazole rings is 1. The smallest absolute Gasteiger partial charge is 0.311 e. The minimum Gasteiger partial charge on any atom is -0.466 e. The first kappa shape index (κ1) is 15.3. The highest BCUT2D eigenvalue weighted by molar-refractivity contribution is 7.99. The van der Waals surface area contributed by atoms with Crippen molar-refractivity contribution in [3.63, 3.8) is 0 Å². The Morgan fingerprint density at radius 3 is 3.11 bits per heavy atom. The first-order valence-electron chi connectivity index (χ1n) is 6.02. The number of anilines is 1. The monoisotopic (exact) mass is 288 g/mol. The van der Waals surface area contributed by atoms with E-state index in [9.17, 15) is 4.79 Å². The average Bonchev–Trinajstić information content (AvgIpc) is 2.76. The highest BCUT2D eigenvalue weighted by Crippen LogP contribution is 2.17. The summed E-state index contributed by atoms with van der Waals surface area (Å²) in [5.74, 6) is -0.217. The van der Waals surface area contributed by atoms with Crippen LogP contribution in [0.4, 0.5) is 5.13 Å². The van der Waals surface area contributed by atoms with E-state index in [4.69, 9.17) is 4.74 Å². The molecule has 1 unspecified atom stereocenters. The Hall–Kier alpha value is -0.750. The van der Waals surface area contributed by atoms with Gasteiger partial charge in [0.1, 0.15) is 0 Å². The van der Waals surface area contributed by atoms with Crippen LogP contribution in [0.3, 0.4) is 0 Å². The molecule has 0 aliphatic heterocycles. The first-order chi connectivity index (χ1) is 8.65. The van der Waals surface area contributed by atoms with Crippen molar-refractivity contribution in [2.45, 2.75) is 31.9 Å². The molecular formula is C12H20N2O2S2. The average molecular weight is 288 g/mol. The van der Waals surface area contributed by atoms with Gasteiger partial charge in [-0.05, 0) is 19.6 Å². The Bertz CT molecular complexity index is 369. The van der Waals surface area contributed by atoms with Crippen LogP contribution >= 0.6 is 23.1 Å². The van der Waals surface area contributed by atoms with Crippen LogP contribution < -0.4 is 5.32 Å². The van der Waals surface area contributed by atoms with Gasteiger partial charge in [0.05, 0.1) is 18.7 Å². The van der Waals surface area contributed by atoms with Crippen LogP contribution in [0.2, 0.25) is 0 Å². The van der Waals surface area contributed by atoms with E-state index in [1.165, 1.54) is 11.3 Å². The summed E-state index contributed by atoms with van der Waals surface area (Å²) in [6.07, 6.45) is 3.48. The van der Waals surface area contributed by atoms with Crippen molar-refractivity contribution in [3.05, 3.63) is 11.1 Å². The lowest BCUT2D eigenvalue weighted by Gasteiger charge is -2.07. The van der Waals surface area contributed by atoms with Gasteiger partial charge in [0.2, 0.25) is 0 Å². The summed E-state index contributed by atoms with van der Waals surface area (Å²) in [6, 6.07) is 0. The predicted octanol–water partition coefficient (Wildman–Crippen LogP) is 2.80. The van der Waals surface area contributed by atoms with Gasteiger partial charge >= 0.3 is 5.97 Å². The molecule has 1 aromatic heterocycles. The Morgan fingerprint density at radius 2 is 2.44 bits per heavy atom. The van der Waals surface area contributed by atoms with Crippen LogP contribution in [0.25, 0.3) is 0 Å². The molecule has 1 N–H and O–H groups in total. The van der Waals surface area contributed by atoms with Gasteiger partial charge in [-0.25, -0.2) is 4.98 Å². The van der Waals surface area contributed by atoms with Crippen LogP contribution in [-0.4, -0.2) is 35.6 Å². The van der Waals surface area contributed by atoms with Gasteiger partial charge in [-0.3, -0.25) is 4.79 Å². The third-order valence-corrected chi connectivity index (χ3v) is 4.30. The van der Waals surface area contributed by atoms with Crippen molar-refractivity contribution in [1.29, 1.82) is 0 Å². The number of aromatic nitrogens is 1. The van der Waals surface area contributed by atoms with Crippen LogP contribution in [0.5, 0.6) is 0 Å². The Balaban J connectivity index is 2.32. The van der Waals surface area contributed by atoms with Crippen molar-refractivity contribution in [2.75, 3.05) is 24.7 Å². The van der Waals surface area contributed by atoms with E-state index in [1.54, 1.807) is 6.92 Å². The largest absolute Gasteiger partial charge is 0.466 e. The number of carbonyl (C=O) groups excluding carboxylic acids is 1. The number of esters is 1. The number of ether oxygens (including phenoxy) is 1. The van der Waals surface area contributed by atoms with E-state index < -0.39 is 0 Å². The Kier molecular flexibility index (Phi) is 7.12. The number of nitrogens with zero attached hydrogens (tertiary/aromatic N) is 1. The molecule has 18 heavy (non-hydrogen) atoms. The summed E-state index contributed by atoms with van der Waals surface area (Å²) in [5, 5.41) is 6.70. The summed E-state index contributed by atoms with van der Waals surface area (Å²) < 4.78 is 4.88. The molecule has 4 nitrogen and oxygen atoms in total. The Labute approximate surface area is 117 Å². The molecule has 1 atom stereocenters. The molecule has 0 bridgehead atoms. The molecule has 0 fully saturated rings. The molecule has 0 saturated heterocycles. The molecule has 0 aromatic carbocycles. The molecule has 0 amide bonds. The van der Waals surface area contributed by atoms with E-state index in [0.717, 1.165) is 23.8 Å². The first-order valence-corrected chi connectivity index (χ1v) is 8.19. The van der Waals surface area contributed by atoms with Crippen molar-refractivity contribution < 1.29 is 9.53 Å². The lowest BCUT2D eigenvalue weighted by atomic mass is 10.3. The van der Waals surface area contributed by atoms with Gasteiger partial charge in [0.25, 0.3) is 0 Å². The molecule has 1 aromatic rings. The standard InChI is InChI=1S/C12H20N2O2S2/c1-4-16-11(15)7-10-8-18-12(14-10)13-6-5-9(2)17-3/h8-9H,4-7H2,1-3H3,(H,13,14). The van der Waals surface area contributed by atoms with Gasteiger partial charge in [-0.2, -0.15) is 11.8 Å². The molecule has 0 spiro atoms. The predicted molar refractivity (Wildman–Crippen MR) is 78.5 cm³/mol. The summed E-state index contributed by atoms with van der Waals surface area (Å²) in [6.45, 7) is 5.34. The lowest BCUT2D eigenvalue weighted by molar-refractivity contribution is -0.142. The molecule has 0 saturated carbocycles. The number of hydrogen-bond acceptors (Lipinski definition) is 6. The zero-order valence-corrected chi connectivity index (χ0v) is 12.7. The molecule has 0 aliphatic rings. The quantitative estimate of drug-likeness (QED) is 0.745. The van der Waals surface area contributed by atoms with Crippen LogP contribution in [0.15, 0.2) is 5.38 Å². The fraction of sp³-hybridized carbons (Fsp3) is 0.667. The third kappa shape index (κ3) is 5.73. The van der Waals surface area contributed by atoms with E-state index in [-0.39, 0.29) is 12.4 Å². The van der Waals surface area contributed by atoms with Crippen molar-refractivity contribution in [2.24, 2.45) is 0 Å². The van der Waals surface area contributed by atoms with Crippen LogP contribution in [-0.2, 0) is 16.0 Å². The number of hydrogen-bond donors (Lipinski definition) is 1. The van der Waals surface area contributed by atoms with E-state index in [2.05, 4.69) is 23.5 Å². The maximum absolute atomic E-state index is 11.3. The topological polar surface area (TPSA) is 51.2 Å². The minimum atomic E-state index is -0.217. The maximum Gasteiger partial charge on any atom is 0.311 e. The molecule has 6 heteroatoms. The second-order valence-corrected chi connectivity index (χ2v) is 6.02. The van der Waals surface area contributed by atoms with Crippen molar-refractivity contribution in [3.8, 4) is 0 Å². The minimum absolute atomic E-state index is 0.217. The van der Waals surface area contributed by atoms with E-state index in [1.807, 2.05) is 17.1 Å². The second-order valence-electron chi connectivity index (χ2n) is 3.89. The zero-order chi connectivity index (χ0) is 13.4. The Morgan fingerprint density at radius 1 is 1.67 bits per heavy atom. The normalized spacial score (nSPS) is 12.2. The number of rotatable bonds is 8. The van der Waals surface area contributed by atoms with Crippen molar-refractivity contribution >= 4 is 34.2 Å². The molecule has 102 valence electrons. The fourth-order valence-corrected chi connectivity index (χ4v) is 2.42. The third-order valence-electron chi connectivity index (χ3n) is 2.41. The molecule has 0 radical (unpaired) electrons. The second kappa shape index (κ2) is 8.37. The van der Waals surface area contributed by atoms with E-state index in [0.29, 0.717) is 11.9 Å². The fourth-order valence-electron chi connectivity index (χ4n) is 1.33. The zero-order valence-electron chi connectivity index (χ0n) is 11.1. The number of carbonyl (C=O) groups is 1. The van der Waals surface area contributed by atoms with Crippen molar-refractivity contribution in [1.82, 2.24) is 4.98 Å². The summed E-state index contributed by atoms with van der Waals surface area (Å²) in [4.78, 5) is 15.6. The maximum atomic E-state index is 11.3. The van der Waals surface area contributed by atoms with Crippen LogP contribution in [0.1, 0.15) is 26.0 Å². The summed E-state index contributed by atoms with van der Waals surface area (Å²) >= 11 is 3.39. The molecule has 1 heterocycles. The van der Waals surface area contributed by atoms with E-state index >= 15 is 0 Å². The van der Waals surface area contributed by atoms with Gasteiger partial charge in [-0.1, -0.05) is 6.92 Å². The lowest BCUT2D eigenvalue weighted by Crippen LogP contribution is -2.09. The van der Waals surface area contributed by atoms with Gasteiger partial charge in [0.15, 0.2) is 5.13 Å². The van der Waals surface area contributed by atoms with Crippen LogP contribution in [0, 0.1) is 0 Å². The van der Waals surface area contributed by atoms with Gasteiger partial charge in [-0.15, -0.1) is 11.3 Å². The number of nitrogens with one attached hydrogen (secondary N) is 1.